The molecule has 0 radical (unpaired) electrons. The Morgan fingerprint density at radius 2 is 2.00 bits per heavy atom. The van der Waals surface area contributed by atoms with Crippen molar-refractivity contribution >= 4 is 22.9 Å². The van der Waals surface area contributed by atoms with Gasteiger partial charge in [0, 0.05) is 24.6 Å². The molecular formula is C22H27F2N5O2. The average Bonchev–Trinajstić information content (AvgIpc) is 3.19. The molecule has 1 unspecified atom stereocenters. The van der Waals surface area contributed by atoms with Crippen LogP contribution in [0, 0.1) is 18.6 Å². The molecule has 1 aliphatic rings. The lowest BCUT2D eigenvalue weighted by molar-refractivity contribution is -0.0931. The van der Waals surface area contributed by atoms with Gasteiger partial charge >= 0.3 is 0 Å². The SMILES string of the molecule is CC.Cc1ccc(Nc2c(C(=O)N3CC(O)(C(C)N)C3)cn3ccnc3c2F)c(F)c1. The van der Waals surface area contributed by atoms with Crippen molar-refractivity contribution in [2.75, 3.05) is 18.4 Å². The average molecular weight is 431 g/mol. The van der Waals surface area contributed by atoms with Crippen LogP contribution in [0.2, 0.25) is 0 Å². The zero-order valence-corrected chi connectivity index (χ0v) is 18.0. The molecule has 1 amide bonds. The molecule has 3 aromatic rings. The standard InChI is InChI=1S/C20H21F2N5O2.C2H6/c1-11-3-4-15(14(21)7-11)25-17-13(8-26-6-5-24-18(26)16(17)22)19(28)27-9-20(29,10-27)12(2)23;1-2/h3-8,12,25,29H,9-10,23H2,1-2H3;1-2H3. The Balaban J connectivity index is 0.00000132. The number of nitrogens with two attached hydrogens (primary N) is 1. The number of carbonyl (C=O) groups excluding carboxylic acids is 1. The minimum absolute atomic E-state index is 0.000278. The zero-order valence-electron chi connectivity index (χ0n) is 18.0. The summed E-state index contributed by atoms with van der Waals surface area (Å²) in [6.07, 6.45) is 4.35. The maximum Gasteiger partial charge on any atom is 0.257 e. The van der Waals surface area contributed by atoms with Crippen LogP contribution in [-0.2, 0) is 0 Å². The van der Waals surface area contributed by atoms with Crippen LogP contribution in [0.4, 0.5) is 20.2 Å². The number of nitrogens with one attached hydrogen (secondary N) is 1. The normalized spacial score (nSPS) is 15.7. The number of likely N-dealkylation sites (tertiary alicyclic amines) is 1. The van der Waals surface area contributed by atoms with Crippen LogP contribution < -0.4 is 11.1 Å². The summed E-state index contributed by atoms with van der Waals surface area (Å²) in [5.74, 6) is -1.84. The number of rotatable bonds is 4. The summed E-state index contributed by atoms with van der Waals surface area (Å²) in [6.45, 7) is 7.46. The summed E-state index contributed by atoms with van der Waals surface area (Å²) in [5.41, 5.74) is 5.17. The van der Waals surface area contributed by atoms with Gasteiger partial charge in [-0.3, -0.25) is 4.79 Å². The van der Waals surface area contributed by atoms with E-state index in [4.69, 9.17) is 5.73 Å². The first-order valence-corrected chi connectivity index (χ1v) is 10.2. The van der Waals surface area contributed by atoms with Crippen molar-refractivity contribution in [3.8, 4) is 0 Å². The van der Waals surface area contributed by atoms with E-state index >= 15 is 4.39 Å². The molecule has 0 aliphatic carbocycles. The fourth-order valence-corrected chi connectivity index (χ4v) is 3.38. The summed E-state index contributed by atoms with van der Waals surface area (Å²) >= 11 is 0. The number of anilines is 2. The molecule has 0 bridgehead atoms. The number of hydrogen-bond acceptors (Lipinski definition) is 5. The van der Waals surface area contributed by atoms with Crippen LogP contribution in [0.15, 0.2) is 36.8 Å². The number of fused-ring (bicyclic) bond motifs is 1. The van der Waals surface area contributed by atoms with Gasteiger partial charge in [-0.2, -0.15) is 0 Å². The largest absolute Gasteiger partial charge is 0.385 e. The highest BCUT2D eigenvalue weighted by Gasteiger charge is 2.47. The summed E-state index contributed by atoms with van der Waals surface area (Å²) in [5, 5.41) is 13.0. The van der Waals surface area contributed by atoms with Crippen LogP contribution in [0.25, 0.3) is 5.65 Å². The van der Waals surface area contributed by atoms with E-state index in [9.17, 15) is 14.3 Å². The number of pyridine rings is 1. The molecule has 1 aliphatic heterocycles. The lowest BCUT2D eigenvalue weighted by atomic mass is 9.87. The minimum Gasteiger partial charge on any atom is -0.385 e. The third kappa shape index (κ3) is 4.11. The van der Waals surface area contributed by atoms with Crippen LogP contribution in [0.3, 0.4) is 0 Å². The van der Waals surface area contributed by atoms with Crippen molar-refractivity contribution in [2.45, 2.75) is 39.3 Å². The Morgan fingerprint density at radius 3 is 2.61 bits per heavy atom. The molecule has 0 saturated carbocycles. The lowest BCUT2D eigenvalue weighted by Gasteiger charge is -2.48. The van der Waals surface area contributed by atoms with E-state index in [2.05, 4.69) is 10.3 Å². The molecule has 4 rings (SSSR count). The molecule has 1 atom stereocenters. The van der Waals surface area contributed by atoms with Crippen molar-refractivity contribution < 1.29 is 18.7 Å². The molecule has 1 fully saturated rings. The highest BCUT2D eigenvalue weighted by atomic mass is 19.1. The number of imidazole rings is 1. The first-order chi connectivity index (χ1) is 14.7. The van der Waals surface area contributed by atoms with Crippen LogP contribution in [-0.4, -0.2) is 50.0 Å². The van der Waals surface area contributed by atoms with Gasteiger partial charge in [-0.1, -0.05) is 19.9 Å². The van der Waals surface area contributed by atoms with Gasteiger partial charge in [-0.15, -0.1) is 0 Å². The Morgan fingerprint density at radius 1 is 1.32 bits per heavy atom. The van der Waals surface area contributed by atoms with Gasteiger partial charge in [-0.25, -0.2) is 13.8 Å². The quantitative estimate of drug-likeness (QED) is 0.590. The summed E-state index contributed by atoms with van der Waals surface area (Å²) < 4.78 is 30.9. The van der Waals surface area contributed by atoms with Crippen molar-refractivity contribution in [3.63, 3.8) is 0 Å². The van der Waals surface area contributed by atoms with Gasteiger partial charge in [0.25, 0.3) is 5.91 Å². The molecule has 4 N–H and O–H groups in total. The summed E-state index contributed by atoms with van der Waals surface area (Å²) in [4.78, 5) is 18.4. The fraction of sp³-hybridized carbons (Fsp3) is 0.364. The highest BCUT2D eigenvalue weighted by molar-refractivity contribution is 6.01. The second-order valence-electron chi connectivity index (χ2n) is 7.55. The zero-order chi connectivity index (χ0) is 22.9. The molecule has 166 valence electrons. The van der Waals surface area contributed by atoms with Gasteiger partial charge in [0.2, 0.25) is 0 Å². The van der Waals surface area contributed by atoms with Gasteiger partial charge in [-0.05, 0) is 31.5 Å². The lowest BCUT2D eigenvalue weighted by Crippen LogP contribution is -2.70. The summed E-state index contributed by atoms with van der Waals surface area (Å²) in [6, 6.07) is 3.95. The van der Waals surface area contributed by atoms with Crippen LogP contribution in [0.5, 0.6) is 0 Å². The van der Waals surface area contributed by atoms with E-state index in [-0.39, 0.29) is 35.7 Å². The topological polar surface area (TPSA) is 95.9 Å². The number of amides is 1. The van der Waals surface area contributed by atoms with Gasteiger partial charge in [0.05, 0.1) is 30.0 Å². The number of carbonyl (C=O) groups is 1. The number of hydrogen-bond donors (Lipinski definition) is 3. The number of aromatic nitrogens is 2. The third-order valence-corrected chi connectivity index (χ3v) is 5.30. The predicted molar refractivity (Wildman–Crippen MR) is 115 cm³/mol. The monoisotopic (exact) mass is 431 g/mol. The number of β-amino-alcohol motifs (C(OH)–C–C–N with tert-alkyl or cyclic N) is 1. The van der Waals surface area contributed by atoms with E-state index < -0.39 is 29.2 Å². The predicted octanol–water partition coefficient (Wildman–Crippen LogP) is 3.22. The minimum atomic E-state index is -1.18. The maximum absolute atomic E-state index is 15.2. The number of halogens is 2. The fourth-order valence-electron chi connectivity index (χ4n) is 3.38. The highest BCUT2D eigenvalue weighted by Crippen LogP contribution is 2.32. The molecule has 0 spiro atoms. The molecule has 7 nitrogen and oxygen atoms in total. The number of aryl methyl sites for hydroxylation is 1. The molecule has 2 aromatic heterocycles. The Hall–Kier alpha value is -3.04. The van der Waals surface area contributed by atoms with E-state index in [1.54, 1.807) is 19.9 Å². The first kappa shape index (κ1) is 22.6. The maximum atomic E-state index is 15.2. The second-order valence-corrected chi connectivity index (χ2v) is 7.55. The van der Waals surface area contributed by atoms with Gasteiger partial charge in [0.15, 0.2) is 11.5 Å². The number of nitrogens with zero attached hydrogens (tertiary/aromatic N) is 3. The summed E-state index contributed by atoms with van der Waals surface area (Å²) in [7, 11) is 0. The van der Waals surface area contributed by atoms with E-state index in [1.165, 1.54) is 40.0 Å². The van der Waals surface area contributed by atoms with E-state index in [0.717, 1.165) is 0 Å². The third-order valence-electron chi connectivity index (χ3n) is 5.30. The van der Waals surface area contributed by atoms with Crippen molar-refractivity contribution in [1.82, 2.24) is 14.3 Å². The van der Waals surface area contributed by atoms with Crippen molar-refractivity contribution in [2.24, 2.45) is 5.73 Å². The van der Waals surface area contributed by atoms with E-state index in [0.29, 0.717) is 5.56 Å². The Labute approximate surface area is 179 Å². The number of benzene rings is 1. The van der Waals surface area contributed by atoms with Crippen molar-refractivity contribution in [3.05, 3.63) is 59.6 Å². The van der Waals surface area contributed by atoms with Gasteiger partial charge < -0.3 is 25.5 Å². The Kier molecular flexibility index (Phi) is 6.28. The molecular weight excluding hydrogens is 404 g/mol. The Bertz CT molecular complexity index is 1110. The second kappa shape index (κ2) is 8.60. The number of aliphatic hydroxyl groups is 1. The molecule has 9 heteroatoms. The first-order valence-electron chi connectivity index (χ1n) is 10.2. The van der Waals surface area contributed by atoms with Crippen molar-refractivity contribution in [1.29, 1.82) is 0 Å². The van der Waals surface area contributed by atoms with Crippen LogP contribution in [0.1, 0.15) is 36.7 Å². The molecule has 1 aromatic carbocycles. The van der Waals surface area contributed by atoms with Gasteiger partial charge in [0.1, 0.15) is 11.4 Å². The van der Waals surface area contributed by atoms with E-state index in [1.807, 2.05) is 13.8 Å². The molecule has 31 heavy (non-hydrogen) atoms. The smallest absolute Gasteiger partial charge is 0.257 e. The molecule has 1 saturated heterocycles. The van der Waals surface area contributed by atoms with Crippen LogP contribution >= 0.6 is 0 Å². The molecule has 3 heterocycles.